The number of benzene rings is 2. The van der Waals surface area contributed by atoms with E-state index in [4.69, 9.17) is 0 Å². The number of aliphatic hydroxyl groups is 1. The molecule has 106 valence electrons. The Labute approximate surface area is 129 Å². The Morgan fingerprint density at radius 2 is 1.50 bits per heavy atom. The summed E-state index contributed by atoms with van der Waals surface area (Å²) < 4.78 is 1.06. The first-order valence-electron chi connectivity index (χ1n) is 6.85. The highest BCUT2D eigenvalue weighted by Crippen LogP contribution is 2.30. The van der Waals surface area contributed by atoms with E-state index in [1.807, 2.05) is 19.1 Å². The highest BCUT2D eigenvalue weighted by Gasteiger charge is 2.25. The van der Waals surface area contributed by atoms with Gasteiger partial charge in [-0.15, -0.1) is 0 Å². The van der Waals surface area contributed by atoms with E-state index < -0.39 is 5.60 Å². The van der Waals surface area contributed by atoms with Gasteiger partial charge in [-0.1, -0.05) is 40.2 Å². The molecule has 0 amide bonds. The molecule has 2 aromatic carbocycles. The second-order valence-corrected chi connectivity index (χ2v) is 6.74. The van der Waals surface area contributed by atoms with Crippen molar-refractivity contribution in [3.05, 3.63) is 68.7 Å². The monoisotopic (exact) mass is 332 g/mol. The van der Waals surface area contributed by atoms with E-state index in [1.165, 1.54) is 11.1 Å². The van der Waals surface area contributed by atoms with Crippen molar-refractivity contribution in [2.24, 2.45) is 0 Å². The van der Waals surface area contributed by atoms with Gasteiger partial charge in [-0.3, -0.25) is 0 Å². The van der Waals surface area contributed by atoms with Crippen LogP contribution in [0.25, 0.3) is 0 Å². The summed E-state index contributed by atoms with van der Waals surface area (Å²) in [6.07, 6.45) is 0.615. The maximum atomic E-state index is 10.9. The lowest BCUT2D eigenvalue weighted by Crippen LogP contribution is -2.25. The number of aryl methyl sites for hydroxylation is 3. The number of rotatable bonds is 3. The zero-order chi connectivity index (χ0) is 14.9. The van der Waals surface area contributed by atoms with Crippen LogP contribution >= 0.6 is 15.9 Å². The van der Waals surface area contributed by atoms with E-state index in [0.29, 0.717) is 6.42 Å². The maximum absolute atomic E-state index is 10.9. The second kappa shape index (κ2) is 5.71. The molecule has 0 saturated carbocycles. The van der Waals surface area contributed by atoms with Gasteiger partial charge in [0, 0.05) is 10.9 Å². The lowest BCUT2D eigenvalue weighted by Gasteiger charge is -2.27. The predicted molar refractivity (Wildman–Crippen MR) is 88.1 cm³/mol. The number of hydrogen-bond acceptors (Lipinski definition) is 1. The molecule has 1 N–H and O–H groups in total. The third-order valence-corrected chi connectivity index (χ3v) is 4.41. The molecule has 2 heteroatoms. The molecule has 0 heterocycles. The lowest BCUT2D eigenvalue weighted by atomic mass is 9.84. The fraction of sp³-hybridized carbons (Fsp3) is 0.333. The molecule has 0 fully saturated rings. The molecule has 0 aliphatic rings. The molecular weight excluding hydrogens is 312 g/mol. The van der Waals surface area contributed by atoms with Crippen LogP contribution < -0.4 is 0 Å². The minimum Gasteiger partial charge on any atom is -0.385 e. The quantitative estimate of drug-likeness (QED) is 0.853. The van der Waals surface area contributed by atoms with E-state index in [9.17, 15) is 5.11 Å². The summed E-state index contributed by atoms with van der Waals surface area (Å²) in [5.41, 5.74) is 4.94. The highest BCUT2D eigenvalue weighted by molar-refractivity contribution is 9.10. The van der Waals surface area contributed by atoms with Crippen molar-refractivity contribution in [3.8, 4) is 0 Å². The van der Waals surface area contributed by atoms with Gasteiger partial charge in [0.15, 0.2) is 0 Å². The summed E-state index contributed by atoms with van der Waals surface area (Å²) in [7, 11) is 0. The largest absolute Gasteiger partial charge is 0.385 e. The topological polar surface area (TPSA) is 20.2 Å². The van der Waals surface area contributed by atoms with E-state index in [1.54, 1.807) is 0 Å². The second-order valence-electron chi connectivity index (χ2n) is 5.83. The van der Waals surface area contributed by atoms with Crippen molar-refractivity contribution in [2.75, 3.05) is 0 Å². The van der Waals surface area contributed by atoms with Crippen molar-refractivity contribution in [1.82, 2.24) is 0 Å². The summed E-state index contributed by atoms with van der Waals surface area (Å²) in [5.74, 6) is 0. The van der Waals surface area contributed by atoms with Crippen LogP contribution in [0.3, 0.4) is 0 Å². The van der Waals surface area contributed by atoms with Crippen LogP contribution in [-0.2, 0) is 12.0 Å². The Balaban J connectivity index is 2.34. The van der Waals surface area contributed by atoms with E-state index in [-0.39, 0.29) is 0 Å². The van der Waals surface area contributed by atoms with Crippen LogP contribution in [0, 0.1) is 20.8 Å². The molecule has 0 radical (unpaired) electrons. The molecule has 20 heavy (non-hydrogen) atoms. The maximum Gasteiger partial charge on any atom is 0.0911 e. The molecule has 2 rings (SSSR count). The van der Waals surface area contributed by atoms with E-state index in [2.05, 4.69) is 61.0 Å². The highest BCUT2D eigenvalue weighted by atomic mass is 79.9. The van der Waals surface area contributed by atoms with Crippen LogP contribution in [0.5, 0.6) is 0 Å². The van der Waals surface area contributed by atoms with Gasteiger partial charge < -0.3 is 5.11 Å². The van der Waals surface area contributed by atoms with E-state index in [0.717, 1.165) is 21.2 Å². The predicted octanol–water partition coefficient (Wildman–Crippen LogP) is 4.82. The molecule has 1 atom stereocenters. The van der Waals surface area contributed by atoms with Gasteiger partial charge in [0.05, 0.1) is 5.60 Å². The minimum atomic E-state index is -0.851. The molecule has 0 aliphatic carbocycles. The zero-order valence-corrected chi connectivity index (χ0v) is 14.1. The lowest BCUT2D eigenvalue weighted by molar-refractivity contribution is 0.0569. The Hall–Kier alpha value is -1.12. The zero-order valence-electron chi connectivity index (χ0n) is 12.5. The molecular formula is C18H21BrO. The molecule has 1 nitrogen and oxygen atoms in total. The third-order valence-electron chi connectivity index (χ3n) is 3.88. The average molecular weight is 333 g/mol. The van der Waals surface area contributed by atoms with Gasteiger partial charge in [0.2, 0.25) is 0 Å². The van der Waals surface area contributed by atoms with Crippen molar-refractivity contribution in [3.63, 3.8) is 0 Å². The molecule has 2 aromatic rings. The first-order chi connectivity index (χ1) is 9.29. The fourth-order valence-corrected chi connectivity index (χ4v) is 2.90. The smallest absolute Gasteiger partial charge is 0.0911 e. The molecule has 1 unspecified atom stereocenters. The summed E-state index contributed by atoms with van der Waals surface area (Å²) in [6.45, 7) is 8.16. The van der Waals surface area contributed by atoms with Crippen molar-refractivity contribution >= 4 is 15.9 Å². The van der Waals surface area contributed by atoms with Crippen LogP contribution in [0.1, 0.15) is 34.7 Å². The van der Waals surface area contributed by atoms with Crippen LogP contribution in [0.4, 0.5) is 0 Å². The molecule has 0 saturated heterocycles. The SMILES string of the molecule is Cc1cc(C)c(C(C)(O)Cc2ccc(Br)cc2)cc1C. The average Bonchev–Trinajstić information content (AvgIpc) is 2.36. The van der Waals surface area contributed by atoms with Gasteiger partial charge in [-0.05, 0) is 67.6 Å². The van der Waals surface area contributed by atoms with Crippen molar-refractivity contribution in [1.29, 1.82) is 0 Å². The molecule has 0 spiro atoms. The van der Waals surface area contributed by atoms with Gasteiger partial charge in [0.1, 0.15) is 0 Å². The van der Waals surface area contributed by atoms with E-state index >= 15 is 0 Å². The van der Waals surface area contributed by atoms with Crippen LogP contribution in [0.2, 0.25) is 0 Å². The Morgan fingerprint density at radius 3 is 2.10 bits per heavy atom. The summed E-state index contributed by atoms with van der Waals surface area (Å²) in [5, 5.41) is 10.9. The Morgan fingerprint density at radius 1 is 0.950 bits per heavy atom. The number of hydrogen-bond donors (Lipinski definition) is 1. The normalized spacial score (nSPS) is 14.1. The number of halogens is 1. The Kier molecular flexibility index (Phi) is 4.36. The molecule has 0 bridgehead atoms. The Bertz CT molecular complexity index is 612. The first-order valence-corrected chi connectivity index (χ1v) is 7.64. The van der Waals surface area contributed by atoms with Gasteiger partial charge in [-0.2, -0.15) is 0 Å². The summed E-state index contributed by atoms with van der Waals surface area (Å²) >= 11 is 3.44. The standard InChI is InChI=1S/C18H21BrO/c1-12-9-14(3)17(10-13(12)2)18(4,20)11-15-5-7-16(19)8-6-15/h5-10,20H,11H2,1-4H3. The van der Waals surface area contributed by atoms with Crippen LogP contribution in [-0.4, -0.2) is 5.11 Å². The molecule has 0 aromatic heterocycles. The van der Waals surface area contributed by atoms with Gasteiger partial charge in [-0.25, -0.2) is 0 Å². The molecule has 0 aliphatic heterocycles. The van der Waals surface area contributed by atoms with Gasteiger partial charge >= 0.3 is 0 Å². The van der Waals surface area contributed by atoms with Gasteiger partial charge in [0.25, 0.3) is 0 Å². The summed E-state index contributed by atoms with van der Waals surface area (Å²) in [4.78, 5) is 0. The first kappa shape index (κ1) is 15.3. The minimum absolute atomic E-state index is 0.615. The van der Waals surface area contributed by atoms with Crippen molar-refractivity contribution in [2.45, 2.75) is 39.7 Å². The fourth-order valence-electron chi connectivity index (χ4n) is 2.64. The summed E-state index contributed by atoms with van der Waals surface area (Å²) in [6, 6.07) is 12.4. The third kappa shape index (κ3) is 3.31. The van der Waals surface area contributed by atoms with Crippen molar-refractivity contribution < 1.29 is 5.11 Å². The van der Waals surface area contributed by atoms with Crippen LogP contribution in [0.15, 0.2) is 40.9 Å².